The number of aromatic nitrogens is 2. The first kappa shape index (κ1) is 23.1. The zero-order chi connectivity index (χ0) is 20.9. The SMILES string of the molecule is CCOP(=O)(O)OC[C@H]1O[C@@H](n2ccc(=O)[nH]c2=O)C[C@@H]1OP(=O)(O)OCC. The Labute approximate surface area is 159 Å². The first-order valence-corrected chi connectivity index (χ1v) is 11.3. The van der Waals surface area contributed by atoms with Crippen LogP contribution in [-0.4, -0.2) is 51.4 Å². The standard InChI is InChI=1S/C13H22N2O11P2/c1-3-22-27(18,19)24-8-10-9(26-28(20,21)23-4-2)7-12(25-10)15-6-5-11(16)14-13(15)17/h5-6,9-10,12H,3-4,7-8H2,1-2H3,(H,18,19)(H,20,21)(H,14,16,17)/t9-,10+,12+/m0/s1. The normalized spacial score (nSPS) is 26.6. The molecular formula is C13H22N2O11P2. The third-order valence-corrected chi connectivity index (χ3v) is 5.78. The molecule has 0 aliphatic carbocycles. The Bertz CT molecular complexity index is 869. The second-order valence-electron chi connectivity index (χ2n) is 5.59. The van der Waals surface area contributed by atoms with Gasteiger partial charge in [0.25, 0.3) is 5.56 Å². The lowest BCUT2D eigenvalue weighted by Crippen LogP contribution is -2.31. The van der Waals surface area contributed by atoms with Crippen molar-refractivity contribution in [1.29, 1.82) is 0 Å². The van der Waals surface area contributed by atoms with Crippen molar-refractivity contribution in [3.63, 3.8) is 0 Å². The van der Waals surface area contributed by atoms with Crippen molar-refractivity contribution < 1.29 is 41.7 Å². The second-order valence-corrected chi connectivity index (χ2v) is 8.45. The molecule has 2 unspecified atom stereocenters. The summed E-state index contributed by atoms with van der Waals surface area (Å²) in [7, 11) is -8.79. The van der Waals surface area contributed by atoms with Gasteiger partial charge in [-0.3, -0.25) is 32.4 Å². The average Bonchev–Trinajstić information content (AvgIpc) is 2.94. The minimum absolute atomic E-state index is 0.0786. The largest absolute Gasteiger partial charge is 0.472 e. The lowest BCUT2D eigenvalue weighted by atomic mass is 10.2. The average molecular weight is 444 g/mol. The molecule has 0 amide bonds. The molecule has 2 rings (SSSR count). The van der Waals surface area contributed by atoms with Gasteiger partial charge in [-0.2, -0.15) is 0 Å². The molecule has 1 aliphatic heterocycles. The van der Waals surface area contributed by atoms with Crippen LogP contribution in [0.5, 0.6) is 0 Å². The minimum Gasteiger partial charge on any atom is -0.349 e. The topological polar surface area (TPSA) is 176 Å². The van der Waals surface area contributed by atoms with Gasteiger partial charge in [0.05, 0.1) is 19.8 Å². The molecule has 1 fully saturated rings. The fraction of sp³-hybridized carbons (Fsp3) is 0.692. The summed E-state index contributed by atoms with van der Waals surface area (Å²) in [5.41, 5.74) is -1.38. The summed E-state index contributed by atoms with van der Waals surface area (Å²) in [5.74, 6) is 0. The van der Waals surface area contributed by atoms with E-state index in [0.29, 0.717) is 0 Å². The zero-order valence-electron chi connectivity index (χ0n) is 15.1. The van der Waals surface area contributed by atoms with Crippen molar-refractivity contribution in [2.45, 2.75) is 38.7 Å². The van der Waals surface area contributed by atoms with E-state index in [1.807, 2.05) is 0 Å². The van der Waals surface area contributed by atoms with Crippen LogP contribution in [0.25, 0.3) is 0 Å². The van der Waals surface area contributed by atoms with Crippen molar-refractivity contribution in [2.75, 3.05) is 19.8 Å². The predicted molar refractivity (Wildman–Crippen MR) is 93.6 cm³/mol. The van der Waals surface area contributed by atoms with Crippen LogP contribution in [0.4, 0.5) is 0 Å². The molecule has 5 atom stereocenters. The number of phosphoric ester groups is 2. The minimum atomic E-state index is -4.44. The fourth-order valence-electron chi connectivity index (χ4n) is 2.52. The predicted octanol–water partition coefficient (Wildman–Crippen LogP) is 0.500. The van der Waals surface area contributed by atoms with E-state index in [4.69, 9.17) is 13.8 Å². The number of H-pyrrole nitrogens is 1. The molecule has 28 heavy (non-hydrogen) atoms. The molecule has 0 radical (unpaired) electrons. The van der Waals surface area contributed by atoms with Crippen LogP contribution in [0, 0.1) is 0 Å². The number of hydrogen-bond donors (Lipinski definition) is 3. The summed E-state index contributed by atoms with van der Waals surface area (Å²) < 4.78 is 49.4. The molecule has 1 aromatic heterocycles. The number of phosphoric acid groups is 2. The van der Waals surface area contributed by atoms with Gasteiger partial charge >= 0.3 is 21.3 Å². The van der Waals surface area contributed by atoms with Crippen molar-refractivity contribution >= 4 is 15.6 Å². The first-order valence-electron chi connectivity index (χ1n) is 8.31. The zero-order valence-corrected chi connectivity index (χ0v) is 16.9. The van der Waals surface area contributed by atoms with Crippen molar-refractivity contribution in [1.82, 2.24) is 9.55 Å². The molecule has 3 N–H and O–H groups in total. The quantitative estimate of drug-likeness (QED) is 0.428. The van der Waals surface area contributed by atoms with Gasteiger partial charge in [0.1, 0.15) is 18.4 Å². The third kappa shape index (κ3) is 6.45. The fourth-order valence-corrected chi connectivity index (χ4v) is 4.21. The first-order chi connectivity index (χ1) is 13.1. The van der Waals surface area contributed by atoms with Gasteiger partial charge in [-0.25, -0.2) is 13.9 Å². The van der Waals surface area contributed by atoms with Gasteiger partial charge < -0.3 is 14.5 Å². The third-order valence-electron chi connectivity index (χ3n) is 3.60. The highest BCUT2D eigenvalue weighted by molar-refractivity contribution is 7.47. The van der Waals surface area contributed by atoms with E-state index in [0.717, 1.165) is 10.6 Å². The highest BCUT2D eigenvalue weighted by Crippen LogP contribution is 2.49. The lowest BCUT2D eigenvalue weighted by Gasteiger charge is -2.21. The van der Waals surface area contributed by atoms with Crippen LogP contribution < -0.4 is 11.2 Å². The van der Waals surface area contributed by atoms with Crippen molar-refractivity contribution in [3.8, 4) is 0 Å². The molecule has 2 heterocycles. The Morgan fingerprint density at radius 1 is 1.18 bits per heavy atom. The second kappa shape index (κ2) is 9.57. The number of rotatable bonds is 10. The van der Waals surface area contributed by atoms with E-state index in [1.165, 1.54) is 20.0 Å². The molecule has 0 spiro atoms. The van der Waals surface area contributed by atoms with Gasteiger partial charge in [-0.05, 0) is 13.8 Å². The number of nitrogens with zero attached hydrogens (tertiary/aromatic N) is 1. The van der Waals surface area contributed by atoms with Gasteiger partial charge in [-0.15, -0.1) is 0 Å². The molecule has 1 saturated heterocycles. The molecule has 0 aromatic carbocycles. The van der Waals surface area contributed by atoms with Crippen molar-refractivity contribution in [2.24, 2.45) is 0 Å². The molecule has 0 saturated carbocycles. The van der Waals surface area contributed by atoms with E-state index in [1.54, 1.807) is 0 Å². The van der Waals surface area contributed by atoms with E-state index in [9.17, 15) is 28.5 Å². The van der Waals surface area contributed by atoms with E-state index >= 15 is 0 Å². The van der Waals surface area contributed by atoms with Crippen LogP contribution in [0.15, 0.2) is 21.9 Å². The van der Waals surface area contributed by atoms with Crippen LogP contribution in [0.1, 0.15) is 26.5 Å². The number of aromatic amines is 1. The summed E-state index contributed by atoms with van der Waals surface area (Å²) >= 11 is 0. The molecule has 13 nitrogen and oxygen atoms in total. The summed E-state index contributed by atoms with van der Waals surface area (Å²) in [6, 6.07) is 1.10. The molecule has 0 bridgehead atoms. The van der Waals surface area contributed by atoms with Gasteiger partial charge in [0.2, 0.25) is 0 Å². The van der Waals surface area contributed by atoms with Crippen LogP contribution in [-0.2, 0) is 32.0 Å². The van der Waals surface area contributed by atoms with Crippen LogP contribution in [0.3, 0.4) is 0 Å². The van der Waals surface area contributed by atoms with Crippen LogP contribution in [0.2, 0.25) is 0 Å². The summed E-state index contributed by atoms with van der Waals surface area (Å²) in [6.45, 7) is 2.28. The van der Waals surface area contributed by atoms with Crippen molar-refractivity contribution in [3.05, 3.63) is 33.1 Å². The maximum absolute atomic E-state index is 12.0. The lowest BCUT2D eigenvalue weighted by molar-refractivity contribution is -0.0466. The smallest absolute Gasteiger partial charge is 0.349 e. The maximum Gasteiger partial charge on any atom is 0.472 e. The summed E-state index contributed by atoms with van der Waals surface area (Å²) in [4.78, 5) is 44.5. The highest BCUT2D eigenvalue weighted by Gasteiger charge is 2.43. The molecule has 1 aromatic rings. The molecule has 1 aliphatic rings. The Hall–Kier alpha value is -1.14. The Kier molecular flexibility index (Phi) is 7.91. The number of hydrogen-bond acceptors (Lipinski definition) is 9. The molecular weight excluding hydrogens is 422 g/mol. The van der Waals surface area contributed by atoms with Gasteiger partial charge in [0.15, 0.2) is 0 Å². The number of nitrogens with one attached hydrogen (secondary N) is 1. The van der Waals surface area contributed by atoms with E-state index < -0.39 is 51.9 Å². The van der Waals surface area contributed by atoms with Crippen LogP contribution >= 0.6 is 15.6 Å². The van der Waals surface area contributed by atoms with Gasteiger partial charge in [-0.1, -0.05) is 0 Å². The molecule has 15 heteroatoms. The van der Waals surface area contributed by atoms with E-state index in [-0.39, 0.29) is 19.6 Å². The maximum atomic E-state index is 12.0. The summed E-state index contributed by atoms with van der Waals surface area (Å²) in [6.07, 6.45) is -2.12. The number of ether oxygens (including phenoxy) is 1. The van der Waals surface area contributed by atoms with E-state index in [2.05, 4.69) is 14.0 Å². The molecule has 160 valence electrons. The van der Waals surface area contributed by atoms with Gasteiger partial charge in [0, 0.05) is 18.7 Å². The Morgan fingerprint density at radius 2 is 1.82 bits per heavy atom. The Balaban J connectivity index is 2.20. The highest BCUT2D eigenvalue weighted by atomic mass is 31.2. The monoisotopic (exact) mass is 444 g/mol. The summed E-state index contributed by atoms with van der Waals surface area (Å²) in [5, 5.41) is 0. The Morgan fingerprint density at radius 3 is 2.43 bits per heavy atom.